The van der Waals surface area contributed by atoms with Gasteiger partial charge in [-0.05, 0) is 65.6 Å². The number of carboxylic acids is 1. The second kappa shape index (κ2) is 14.2. The number of ether oxygens (including phenoxy) is 3. The first kappa shape index (κ1) is 30.8. The molecule has 1 amide bonds. The van der Waals surface area contributed by atoms with Gasteiger partial charge >= 0.3 is 5.97 Å². The zero-order chi connectivity index (χ0) is 30.3. The minimum atomic E-state index is -0.905. The normalized spacial score (nSPS) is 19.7. The van der Waals surface area contributed by atoms with E-state index in [1.807, 2.05) is 71.8 Å². The van der Waals surface area contributed by atoms with Gasteiger partial charge in [0.2, 0.25) is 5.91 Å². The summed E-state index contributed by atoms with van der Waals surface area (Å²) in [6.45, 7) is 6.13. The average molecular weight is 605 g/mol. The number of para-hydroxylation sites is 1. The molecule has 3 atom stereocenters. The van der Waals surface area contributed by atoms with Crippen LogP contribution < -0.4 is 19.5 Å². The quantitative estimate of drug-likeness (QED) is 0.250. The smallest absolute Gasteiger partial charge is 0.309 e. The topological polar surface area (TPSA) is 97.3 Å². The van der Waals surface area contributed by atoms with Gasteiger partial charge in [-0.25, -0.2) is 0 Å². The van der Waals surface area contributed by atoms with Crippen molar-refractivity contribution in [3.8, 4) is 17.2 Å². The van der Waals surface area contributed by atoms with Crippen LogP contribution in [0, 0.1) is 5.92 Å². The minimum Gasteiger partial charge on any atom is -0.493 e. The summed E-state index contributed by atoms with van der Waals surface area (Å²) in [4.78, 5) is 28.6. The lowest BCUT2D eigenvalue weighted by Gasteiger charge is -2.27. The van der Waals surface area contributed by atoms with Gasteiger partial charge in [-0.1, -0.05) is 50.2 Å². The third kappa shape index (κ3) is 6.94. The summed E-state index contributed by atoms with van der Waals surface area (Å²) in [7, 11) is 0. The molecule has 9 heteroatoms. The number of carbonyl (C=O) groups is 2. The van der Waals surface area contributed by atoms with Crippen LogP contribution >= 0.6 is 11.8 Å². The molecule has 2 heterocycles. The molecular weight excluding hydrogens is 564 g/mol. The van der Waals surface area contributed by atoms with Gasteiger partial charge in [-0.2, -0.15) is 11.8 Å². The van der Waals surface area contributed by atoms with Gasteiger partial charge in [0.1, 0.15) is 19.0 Å². The molecule has 1 unspecified atom stereocenters. The lowest BCUT2D eigenvalue weighted by atomic mass is 9.82. The van der Waals surface area contributed by atoms with Crippen LogP contribution in [-0.4, -0.2) is 66.8 Å². The van der Waals surface area contributed by atoms with Gasteiger partial charge in [0, 0.05) is 29.9 Å². The zero-order valence-electron chi connectivity index (χ0n) is 25.0. The number of likely N-dealkylation sites (tertiary alicyclic amines) is 1. The van der Waals surface area contributed by atoms with Gasteiger partial charge < -0.3 is 24.6 Å². The Morgan fingerprint density at radius 3 is 2.30 bits per heavy atom. The highest BCUT2D eigenvalue weighted by atomic mass is 32.2. The maximum atomic E-state index is 13.6. The number of fused-ring (bicyclic) bond motifs is 1. The van der Waals surface area contributed by atoms with Crippen molar-refractivity contribution < 1.29 is 28.9 Å². The van der Waals surface area contributed by atoms with E-state index in [4.69, 9.17) is 14.2 Å². The summed E-state index contributed by atoms with van der Waals surface area (Å²) < 4.78 is 17.4. The van der Waals surface area contributed by atoms with Crippen LogP contribution in [-0.2, 0) is 22.4 Å². The molecule has 1 fully saturated rings. The number of aliphatic carboxylic acids is 1. The Hall–Kier alpha value is -3.69. The molecule has 0 spiro atoms. The first-order valence-electron chi connectivity index (χ1n) is 14.9. The lowest BCUT2D eigenvalue weighted by Crippen LogP contribution is -2.35. The first-order valence-corrected chi connectivity index (χ1v) is 16.3. The number of rotatable bonds is 12. The van der Waals surface area contributed by atoms with Crippen molar-refractivity contribution in [3.63, 3.8) is 0 Å². The number of anilines is 1. The predicted octanol–water partition coefficient (Wildman–Crippen LogP) is 5.80. The van der Waals surface area contributed by atoms with Gasteiger partial charge in [0.25, 0.3) is 0 Å². The minimum absolute atomic E-state index is 0.0582. The molecule has 0 bridgehead atoms. The van der Waals surface area contributed by atoms with Crippen molar-refractivity contribution >= 4 is 29.3 Å². The molecule has 228 valence electrons. The summed E-state index contributed by atoms with van der Waals surface area (Å²) >= 11 is 1.71. The number of aryl methyl sites for hydroxylation is 2. The maximum absolute atomic E-state index is 13.6. The van der Waals surface area contributed by atoms with Gasteiger partial charge in [0.15, 0.2) is 11.5 Å². The molecule has 5 rings (SSSR count). The molecule has 2 aliphatic rings. The van der Waals surface area contributed by atoms with Crippen LogP contribution in [0.15, 0.2) is 60.7 Å². The van der Waals surface area contributed by atoms with Crippen LogP contribution in [0.5, 0.6) is 17.2 Å². The molecule has 8 nitrogen and oxygen atoms in total. The lowest BCUT2D eigenvalue weighted by molar-refractivity contribution is -0.143. The Kier molecular flexibility index (Phi) is 10.1. The molecule has 0 aromatic heterocycles. The molecule has 2 aliphatic heterocycles. The molecule has 1 saturated heterocycles. The standard InChI is InChI=1S/C34H40N2O6S/c1-4-22-7-6-8-23(5-2)32(22)35-30(37)21-36-20-27(25-11-14-28-29(19-25)42-16-15-41-28)31(34(38)39)33(36)24-9-12-26(13-10-24)40-17-18-43-3/h6-14,19,27,31,33H,4-5,15-18,20-21H2,1-3H3,(H,35,37)(H,38,39)/t27-,31?,33+/m1/s1. The van der Waals surface area contributed by atoms with E-state index in [0.717, 1.165) is 52.3 Å². The molecule has 0 saturated carbocycles. The molecule has 0 radical (unpaired) electrons. The predicted molar refractivity (Wildman–Crippen MR) is 170 cm³/mol. The fourth-order valence-corrected chi connectivity index (χ4v) is 6.44. The van der Waals surface area contributed by atoms with Gasteiger partial charge in [0.05, 0.1) is 19.1 Å². The van der Waals surface area contributed by atoms with Crippen molar-refractivity contribution in [2.75, 3.05) is 50.2 Å². The summed E-state index contributed by atoms with van der Waals surface area (Å²) in [6, 6.07) is 18.9. The highest BCUT2D eigenvalue weighted by Gasteiger charge is 2.48. The second-order valence-corrected chi connectivity index (χ2v) is 11.9. The number of carbonyl (C=O) groups excluding carboxylic acids is 1. The van der Waals surface area contributed by atoms with Crippen LogP contribution in [0.4, 0.5) is 5.69 Å². The number of amides is 1. The van der Waals surface area contributed by atoms with E-state index in [1.165, 1.54) is 0 Å². The van der Waals surface area contributed by atoms with Crippen LogP contribution in [0.25, 0.3) is 0 Å². The molecular formula is C34H40N2O6S. The zero-order valence-corrected chi connectivity index (χ0v) is 25.8. The van der Waals surface area contributed by atoms with E-state index in [0.29, 0.717) is 37.9 Å². The summed E-state index contributed by atoms with van der Waals surface area (Å²) in [5.74, 6) is 0.681. The van der Waals surface area contributed by atoms with Crippen molar-refractivity contribution in [2.24, 2.45) is 5.92 Å². The number of nitrogens with zero attached hydrogens (tertiary/aromatic N) is 1. The molecule has 43 heavy (non-hydrogen) atoms. The fraction of sp³-hybridized carbons (Fsp3) is 0.412. The Morgan fingerprint density at radius 2 is 1.65 bits per heavy atom. The van der Waals surface area contributed by atoms with E-state index in [2.05, 4.69) is 19.2 Å². The van der Waals surface area contributed by atoms with Gasteiger partial charge in [-0.3, -0.25) is 14.5 Å². The van der Waals surface area contributed by atoms with E-state index in [9.17, 15) is 14.7 Å². The molecule has 2 N–H and O–H groups in total. The largest absolute Gasteiger partial charge is 0.493 e. The number of hydrogen-bond donors (Lipinski definition) is 2. The van der Waals surface area contributed by atoms with E-state index >= 15 is 0 Å². The van der Waals surface area contributed by atoms with E-state index < -0.39 is 17.9 Å². The van der Waals surface area contributed by atoms with E-state index in [-0.39, 0.29) is 18.4 Å². The highest BCUT2D eigenvalue weighted by molar-refractivity contribution is 7.98. The fourth-order valence-electron chi connectivity index (χ4n) is 6.19. The molecule has 3 aromatic carbocycles. The highest BCUT2D eigenvalue weighted by Crippen LogP contribution is 2.47. The van der Waals surface area contributed by atoms with E-state index in [1.54, 1.807) is 11.8 Å². The number of carboxylic acid groups (broad SMARTS) is 1. The monoisotopic (exact) mass is 604 g/mol. The summed E-state index contributed by atoms with van der Waals surface area (Å²) in [5.41, 5.74) is 4.71. The number of thioether (sulfide) groups is 1. The van der Waals surface area contributed by atoms with Crippen molar-refractivity contribution in [1.82, 2.24) is 4.90 Å². The maximum Gasteiger partial charge on any atom is 0.309 e. The third-order valence-electron chi connectivity index (χ3n) is 8.27. The Bertz CT molecular complexity index is 1410. The second-order valence-electron chi connectivity index (χ2n) is 10.9. The van der Waals surface area contributed by atoms with Gasteiger partial charge in [-0.15, -0.1) is 0 Å². The summed E-state index contributed by atoms with van der Waals surface area (Å²) in [6.07, 6.45) is 3.63. The Morgan fingerprint density at radius 1 is 0.977 bits per heavy atom. The molecule has 3 aromatic rings. The molecule has 0 aliphatic carbocycles. The third-order valence-corrected chi connectivity index (χ3v) is 8.84. The van der Waals surface area contributed by atoms with Crippen LogP contribution in [0.2, 0.25) is 0 Å². The number of benzene rings is 3. The average Bonchev–Trinajstić information content (AvgIpc) is 3.40. The number of hydrogen-bond acceptors (Lipinski definition) is 7. The Balaban J connectivity index is 1.46. The van der Waals surface area contributed by atoms with Crippen LogP contribution in [0.1, 0.15) is 48.1 Å². The Labute approximate surface area is 257 Å². The SMILES string of the molecule is CCc1cccc(CC)c1NC(=O)CN1C[C@H](c2ccc3c(c2)OCCO3)C(C(=O)O)[C@@H]1c1ccc(OCCSC)cc1. The van der Waals surface area contributed by atoms with Crippen molar-refractivity contribution in [1.29, 1.82) is 0 Å². The van der Waals surface area contributed by atoms with Crippen molar-refractivity contribution in [2.45, 2.75) is 38.6 Å². The summed E-state index contributed by atoms with van der Waals surface area (Å²) in [5, 5.41) is 13.8. The van der Waals surface area contributed by atoms with Crippen LogP contribution in [0.3, 0.4) is 0 Å². The van der Waals surface area contributed by atoms with Crippen molar-refractivity contribution in [3.05, 3.63) is 82.9 Å². The first-order chi connectivity index (χ1) is 20.9. The number of nitrogens with one attached hydrogen (secondary N) is 1.